The zero-order valence-corrected chi connectivity index (χ0v) is 18.3. The molecule has 2 aromatic rings. The quantitative estimate of drug-likeness (QED) is 0.678. The fourth-order valence-electron chi connectivity index (χ4n) is 3.62. The third-order valence-corrected chi connectivity index (χ3v) is 5.78. The second kappa shape index (κ2) is 8.73. The van der Waals surface area contributed by atoms with Gasteiger partial charge in [-0.05, 0) is 48.2 Å². The van der Waals surface area contributed by atoms with Crippen molar-refractivity contribution in [2.45, 2.75) is 27.0 Å². The number of hydrogen-bond donors (Lipinski definition) is 0. The monoisotopic (exact) mass is 420 g/mol. The Bertz CT molecular complexity index is 854. The topological polar surface area (TPSA) is 32.8 Å². The van der Waals surface area contributed by atoms with Gasteiger partial charge in [0, 0.05) is 33.7 Å². The van der Waals surface area contributed by atoms with Crippen molar-refractivity contribution in [2.24, 2.45) is 5.92 Å². The Labute approximate surface area is 177 Å². The van der Waals surface area contributed by atoms with Crippen molar-refractivity contribution in [1.29, 1.82) is 0 Å². The lowest BCUT2D eigenvalue weighted by Gasteiger charge is -2.39. The van der Waals surface area contributed by atoms with Crippen molar-refractivity contribution >= 4 is 29.1 Å². The van der Waals surface area contributed by atoms with Crippen LogP contribution >= 0.6 is 23.2 Å². The highest BCUT2D eigenvalue weighted by molar-refractivity contribution is 6.42. The summed E-state index contributed by atoms with van der Waals surface area (Å²) in [6.07, 6.45) is 0. The second-order valence-electron chi connectivity index (χ2n) is 7.72. The molecular weight excluding hydrogens is 395 g/mol. The van der Waals surface area contributed by atoms with Crippen molar-refractivity contribution in [3.63, 3.8) is 0 Å². The van der Waals surface area contributed by atoms with Gasteiger partial charge in [0.15, 0.2) is 0 Å². The summed E-state index contributed by atoms with van der Waals surface area (Å²) in [4.78, 5) is 16.0. The zero-order chi connectivity index (χ0) is 20.4. The van der Waals surface area contributed by atoms with E-state index in [1.807, 2.05) is 26.2 Å². The summed E-state index contributed by atoms with van der Waals surface area (Å²) in [6.45, 7) is 7.07. The standard InChI is InChI=1S/C22H26Cl2N2O2/c1-14-7-17(10-26-11-18(12-26)22(27)25(3)4)8-15(2)21(14)28-13-16-5-6-19(23)20(24)9-16/h5-9,18H,10-13H2,1-4H3. The van der Waals surface area contributed by atoms with E-state index in [2.05, 4.69) is 30.9 Å². The first kappa shape index (κ1) is 21.0. The maximum Gasteiger partial charge on any atom is 0.227 e. The molecule has 0 aliphatic carbocycles. The highest BCUT2D eigenvalue weighted by Crippen LogP contribution is 2.29. The summed E-state index contributed by atoms with van der Waals surface area (Å²) < 4.78 is 6.06. The minimum Gasteiger partial charge on any atom is -0.488 e. The van der Waals surface area contributed by atoms with Crippen LogP contribution in [0, 0.1) is 19.8 Å². The van der Waals surface area contributed by atoms with E-state index in [9.17, 15) is 4.79 Å². The number of nitrogens with zero attached hydrogens (tertiary/aromatic N) is 2. The fourth-order valence-corrected chi connectivity index (χ4v) is 3.94. The number of carbonyl (C=O) groups excluding carboxylic acids is 1. The Kier molecular flexibility index (Phi) is 6.54. The molecule has 2 aromatic carbocycles. The third-order valence-electron chi connectivity index (χ3n) is 5.04. The van der Waals surface area contributed by atoms with Gasteiger partial charge < -0.3 is 9.64 Å². The van der Waals surface area contributed by atoms with Crippen molar-refractivity contribution < 1.29 is 9.53 Å². The molecular formula is C22H26Cl2N2O2. The Morgan fingerprint density at radius 1 is 1.07 bits per heavy atom. The average Bonchev–Trinajstić information content (AvgIpc) is 2.59. The highest BCUT2D eigenvalue weighted by Gasteiger charge is 2.33. The van der Waals surface area contributed by atoms with Gasteiger partial charge in [0.1, 0.15) is 12.4 Å². The van der Waals surface area contributed by atoms with E-state index in [4.69, 9.17) is 27.9 Å². The van der Waals surface area contributed by atoms with Crippen LogP contribution in [0.3, 0.4) is 0 Å². The summed E-state index contributed by atoms with van der Waals surface area (Å²) in [5, 5.41) is 1.08. The molecule has 1 heterocycles. The summed E-state index contributed by atoms with van der Waals surface area (Å²) in [5.41, 5.74) is 4.44. The Morgan fingerprint density at radius 2 is 1.71 bits per heavy atom. The number of aryl methyl sites for hydroxylation is 2. The maximum atomic E-state index is 12.0. The van der Waals surface area contributed by atoms with Crippen molar-refractivity contribution in [2.75, 3.05) is 27.2 Å². The van der Waals surface area contributed by atoms with E-state index >= 15 is 0 Å². The van der Waals surface area contributed by atoms with Gasteiger partial charge in [0.25, 0.3) is 0 Å². The van der Waals surface area contributed by atoms with E-state index in [1.165, 1.54) is 5.56 Å². The summed E-state index contributed by atoms with van der Waals surface area (Å²) in [5.74, 6) is 1.25. The SMILES string of the molecule is Cc1cc(CN2CC(C(=O)N(C)C)C2)cc(C)c1OCc1ccc(Cl)c(Cl)c1. The van der Waals surface area contributed by atoms with Crippen LogP contribution in [0.2, 0.25) is 10.0 Å². The smallest absolute Gasteiger partial charge is 0.227 e. The van der Waals surface area contributed by atoms with Gasteiger partial charge in [-0.3, -0.25) is 9.69 Å². The largest absolute Gasteiger partial charge is 0.488 e. The molecule has 4 nitrogen and oxygen atoms in total. The first-order valence-corrected chi connectivity index (χ1v) is 10.1. The molecule has 0 radical (unpaired) electrons. The molecule has 0 N–H and O–H groups in total. The average molecular weight is 421 g/mol. The van der Waals surface area contributed by atoms with Gasteiger partial charge in [-0.25, -0.2) is 0 Å². The van der Waals surface area contributed by atoms with Gasteiger partial charge in [-0.15, -0.1) is 0 Å². The number of ether oxygens (including phenoxy) is 1. The molecule has 1 aliphatic heterocycles. The lowest BCUT2D eigenvalue weighted by atomic mass is 9.97. The molecule has 28 heavy (non-hydrogen) atoms. The van der Waals surface area contributed by atoms with Crippen LogP contribution < -0.4 is 4.74 Å². The predicted molar refractivity (Wildman–Crippen MR) is 114 cm³/mol. The molecule has 1 amide bonds. The maximum absolute atomic E-state index is 12.0. The molecule has 1 aliphatic rings. The number of likely N-dealkylation sites (tertiary alicyclic amines) is 1. The molecule has 0 bridgehead atoms. The van der Waals surface area contributed by atoms with Crippen LogP contribution in [0.1, 0.15) is 22.3 Å². The number of carbonyl (C=O) groups is 1. The van der Waals surface area contributed by atoms with Crippen LogP contribution in [-0.4, -0.2) is 42.9 Å². The van der Waals surface area contributed by atoms with Gasteiger partial charge in [0.05, 0.1) is 16.0 Å². The van der Waals surface area contributed by atoms with Crippen LogP contribution in [0.5, 0.6) is 5.75 Å². The van der Waals surface area contributed by atoms with E-state index in [-0.39, 0.29) is 11.8 Å². The fraction of sp³-hybridized carbons (Fsp3) is 0.409. The van der Waals surface area contributed by atoms with Crippen LogP contribution in [0.4, 0.5) is 0 Å². The summed E-state index contributed by atoms with van der Waals surface area (Å²) in [7, 11) is 3.63. The Balaban J connectivity index is 1.60. The van der Waals surface area contributed by atoms with E-state index in [0.717, 1.165) is 42.1 Å². The summed E-state index contributed by atoms with van der Waals surface area (Å²) in [6, 6.07) is 9.87. The normalized spacial score (nSPS) is 14.6. The summed E-state index contributed by atoms with van der Waals surface area (Å²) >= 11 is 12.0. The van der Waals surface area contributed by atoms with Crippen molar-refractivity contribution in [3.05, 3.63) is 62.6 Å². The molecule has 6 heteroatoms. The van der Waals surface area contributed by atoms with E-state index in [1.54, 1.807) is 11.0 Å². The van der Waals surface area contributed by atoms with Crippen LogP contribution in [0.25, 0.3) is 0 Å². The van der Waals surface area contributed by atoms with E-state index < -0.39 is 0 Å². The van der Waals surface area contributed by atoms with E-state index in [0.29, 0.717) is 16.7 Å². The first-order chi connectivity index (χ1) is 13.2. The van der Waals surface area contributed by atoms with Crippen molar-refractivity contribution in [3.8, 4) is 5.75 Å². The lowest BCUT2D eigenvalue weighted by molar-refractivity contribution is -0.138. The minimum atomic E-state index is 0.131. The molecule has 3 rings (SSSR count). The van der Waals surface area contributed by atoms with Gasteiger partial charge in [-0.2, -0.15) is 0 Å². The van der Waals surface area contributed by atoms with Crippen molar-refractivity contribution in [1.82, 2.24) is 9.80 Å². The van der Waals surface area contributed by atoms with Crippen LogP contribution in [-0.2, 0) is 17.9 Å². The number of amides is 1. The third kappa shape index (κ3) is 4.80. The first-order valence-electron chi connectivity index (χ1n) is 9.35. The number of hydrogen-bond acceptors (Lipinski definition) is 3. The molecule has 1 fully saturated rings. The molecule has 150 valence electrons. The molecule has 0 unspecified atom stereocenters. The Morgan fingerprint density at radius 3 is 2.29 bits per heavy atom. The number of rotatable bonds is 6. The minimum absolute atomic E-state index is 0.131. The molecule has 0 saturated carbocycles. The zero-order valence-electron chi connectivity index (χ0n) is 16.8. The molecule has 0 spiro atoms. The number of halogens is 2. The molecule has 1 saturated heterocycles. The highest BCUT2D eigenvalue weighted by atomic mass is 35.5. The van der Waals surface area contributed by atoms with Gasteiger partial charge in [0.2, 0.25) is 5.91 Å². The van der Waals surface area contributed by atoms with Gasteiger partial charge >= 0.3 is 0 Å². The predicted octanol–water partition coefficient (Wildman–Crippen LogP) is 4.71. The lowest BCUT2D eigenvalue weighted by Crippen LogP contribution is -2.52. The van der Waals surface area contributed by atoms with Gasteiger partial charge in [-0.1, -0.05) is 41.4 Å². The second-order valence-corrected chi connectivity index (χ2v) is 8.53. The molecule has 0 atom stereocenters. The number of benzene rings is 2. The molecule has 0 aromatic heterocycles. The Hall–Kier alpha value is -1.75. The van der Waals surface area contributed by atoms with Crippen LogP contribution in [0.15, 0.2) is 30.3 Å².